The van der Waals surface area contributed by atoms with Gasteiger partial charge in [-0.25, -0.2) is 0 Å². The topological polar surface area (TPSA) is 87.2 Å². The average Bonchev–Trinajstić information content (AvgIpc) is 3.40. The second kappa shape index (κ2) is 10.2. The van der Waals surface area contributed by atoms with Crippen molar-refractivity contribution in [3.8, 4) is 0 Å². The van der Waals surface area contributed by atoms with E-state index in [9.17, 15) is 19.5 Å². The summed E-state index contributed by atoms with van der Waals surface area (Å²) in [6.45, 7) is 10.9. The molecule has 1 N–H and O–H groups in total. The van der Waals surface area contributed by atoms with Crippen LogP contribution >= 0.6 is 11.8 Å². The van der Waals surface area contributed by atoms with Crippen molar-refractivity contribution in [2.45, 2.75) is 55.1 Å². The van der Waals surface area contributed by atoms with Crippen molar-refractivity contribution >= 4 is 29.5 Å². The Bertz CT molecular complexity index is 729. The van der Waals surface area contributed by atoms with E-state index in [1.54, 1.807) is 27.6 Å². The minimum atomic E-state index is -0.624. The Morgan fingerprint density at radius 1 is 1.35 bits per heavy atom. The molecular weight excluding hydrogens is 416 g/mol. The fourth-order valence-electron chi connectivity index (χ4n) is 5.39. The number of esters is 1. The van der Waals surface area contributed by atoms with Crippen LogP contribution in [0.5, 0.6) is 0 Å². The lowest BCUT2D eigenvalue weighted by molar-refractivity contribution is -0.153. The van der Waals surface area contributed by atoms with Gasteiger partial charge in [0.1, 0.15) is 12.6 Å². The number of likely N-dealkylation sites (tertiary alicyclic amines) is 1. The maximum absolute atomic E-state index is 13.8. The van der Waals surface area contributed by atoms with Gasteiger partial charge in [0.2, 0.25) is 11.8 Å². The Hall–Kier alpha value is -1.80. The number of hydrogen-bond acceptors (Lipinski definition) is 6. The Kier molecular flexibility index (Phi) is 7.86. The van der Waals surface area contributed by atoms with E-state index in [1.165, 1.54) is 6.08 Å². The molecule has 0 aromatic rings. The number of thioether (sulfide) groups is 1. The van der Waals surface area contributed by atoms with Gasteiger partial charge in [-0.1, -0.05) is 32.1 Å². The van der Waals surface area contributed by atoms with Gasteiger partial charge >= 0.3 is 5.97 Å². The summed E-state index contributed by atoms with van der Waals surface area (Å²) in [6.07, 6.45) is 6.98. The van der Waals surface area contributed by atoms with Crippen LogP contribution in [0.2, 0.25) is 0 Å². The molecule has 2 bridgehead atoms. The minimum absolute atomic E-state index is 0.00921. The van der Waals surface area contributed by atoms with E-state index in [4.69, 9.17) is 4.74 Å². The molecular formula is C23H34N2O5S. The third-order valence-electron chi connectivity index (χ3n) is 6.65. The molecule has 0 aromatic carbocycles. The summed E-state index contributed by atoms with van der Waals surface area (Å²) >= 11 is 1.63. The van der Waals surface area contributed by atoms with Gasteiger partial charge in [0.05, 0.1) is 16.6 Å². The Balaban J connectivity index is 1.96. The van der Waals surface area contributed by atoms with Gasteiger partial charge in [-0.3, -0.25) is 14.4 Å². The monoisotopic (exact) mass is 450 g/mol. The van der Waals surface area contributed by atoms with Gasteiger partial charge in [-0.2, -0.15) is 0 Å². The smallest absolute Gasteiger partial charge is 0.311 e. The maximum atomic E-state index is 13.8. The quantitative estimate of drug-likeness (QED) is 0.362. The van der Waals surface area contributed by atoms with Gasteiger partial charge in [0, 0.05) is 31.5 Å². The molecule has 8 heteroatoms. The summed E-state index contributed by atoms with van der Waals surface area (Å²) in [6, 6.07) is -0.624. The van der Waals surface area contributed by atoms with Crippen LogP contribution in [-0.4, -0.2) is 81.6 Å². The number of rotatable bonds is 12. The molecule has 0 aliphatic carbocycles. The lowest BCUT2D eigenvalue weighted by atomic mass is 9.71. The normalized spacial score (nSPS) is 30.9. The van der Waals surface area contributed by atoms with E-state index < -0.39 is 22.6 Å². The first kappa shape index (κ1) is 23.9. The molecule has 1 spiro atoms. The van der Waals surface area contributed by atoms with Crippen LogP contribution in [0, 0.1) is 11.8 Å². The lowest BCUT2D eigenvalue weighted by Gasteiger charge is -2.37. The number of fused-ring (bicyclic) bond motifs is 1. The van der Waals surface area contributed by atoms with E-state index >= 15 is 0 Å². The van der Waals surface area contributed by atoms with Gasteiger partial charge in [0.15, 0.2) is 0 Å². The molecule has 3 rings (SSSR count). The van der Waals surface area contributed by atoms with E-state index in [-0.39, 0.29) is 36.2 Å². The number of aliphatic hydroxyl groups is 1. The van der Waals surface area contributed by atoms with Crippen molar-refractivity contribution in [2.24, 2.45) is 11.8 Å². The van der Waals surface area contributed by atoms with Crippen molar-refractivity contribution < 1.29 is 24.2 Å². The minimum Gasteiger partial charge on any atom is -0.461 e. The van der Waals surface area contributed by atoms with Gasteiger partial charge in [-0.15, -0.1) is 18.3 Å². The molecule has 3 aliphatic heterocycles. The fraction of sp³-hybridized carbons (Fsp3) is 0.696. The molecule has 2 unspecified atom stereocenters. The second-order valence-electron chi connectivity index (χ2n) is 8.51. The zero-order valence-corrected chi connectivity index (χ0v) is 19.1. The highest BCUT2D eigenvalue weighted by Gasteiger charge is 2.74. The summed E-state index contributed by atoms with van der Waals surface area (Å²) in [5.74, 6) is -1.70. The van der Waals surface area contributed by atoms with Crippen molar-refractivity contribution in [1.29, 1.82) is 0 Å². The van der Waals surface area contributed by atoms with E-state index in [0.717, 1.165) is 25.7 Å². The Morgan fingerprint density at radius 3 is 2.77 bits per heavy atom. The summed E-state index contributed by atoms with van der Waals surface area (Å²) in [4.78, 5) is 43.7. The van der Waals surface area contributed by atoms with Crippen LogP contribution in [0.15, 0.2) is 25.3 Å². The zero-order chi connectivity index (χ0) is 22.6. The van der Waals surface area contributed by atoms with Crippen LogP contribution in [0.1, 0.15) is 39.0 Å². The molecule has 31 heavy (non-hydrogen) atoms. The number of ether oxygens (including phenoxy) is 1. The van der Waals surface area contributed by atoms with Crippen LogP contribution < -0.4 is 0 Å². The lowest BCUT2D eigenvalue weighted by Crippen LogP contribution is -2.55. The molecule has 3 heterocycles. The molecule has 5 atom stereocenters. The molecule has 3 fully saturated rings. The van der Waals surface area contributed by atoms with E-state index in [1.807, 2.05) is 0 Å². The van der Waals surface area contributed by atoms with E-state index in [2.05, 4.69) is 20.1 Å². The third kappa shape index (κ3) is 4.16. The van der Waals surface area contributed by atoms with Gasteiger partial charge in [-0.05, 0) is 25.7 Å². The molecule has 2 amide bonds. The molecule has 3 saturated heterocycles. The fourth-order valence-corrected chi connectivity index (χ4v) is 7.59. The van der Waals surface area contributed by atoms with Gasteiger partial charge in [0.25, 0.3) is 0 Å². The average molecular weight is 451 g/mol. The Labute approximate surface area is 188 Å². The molecule has 7 nitrogen and oxygen atoms in total. The number of amides is 2. The maximum Gasteiger partial charge on any atom is 0.311 e. The number of carbonyl (C=O) groups is 3. The summed E-state index contributed by atoms with van der Waals surface area (Å²) in [5, 5.41) is 9.37. The van der Waals surface area contributed by atoms with Crippen molar-refractivity contribution in [1.82, 2.24) is 9.80 Å². The molecule has 172 valence electrons. The highest BCUT2D eigenvalue weighted by atomic mass is 32.2. The summed E-state index contributed by atoms with van der Waals surface area (Å²) in [7, 11) is 0. The molecule has 0 aromatic heterocycles. The predicted molar refractivity (Wildman–Crippen MR) is 120 cm³/mol. The van der Waals surface area contributed by atoms with Crippen LogP contribution in [0.3, 0.4) is 0 Å². The van der Waals surface area contributed by atoms with Gasteiger partial charge < -0.3 is 19.6 Å². The number of carbonyl (C=O) groups excluding carboxylic acids is 3. The third-order valence-corrected chi connectivity index (χ3v) is 8.60. The highest BCUT2D eigenvalue weighted by molar-refractivity contribution is 8.02. The summed E-state index contributed by atoms with van der Waals surface area (Å²) < 4.78 is 4.73. The number of unbranched alkanes of at least 4 members (excludes halogenated alkanes) is 1. The zero-order valence-electron chi connectivity index (χ0n) is 18.3. The standard InChI is InChI=1S/C23H34N2O5S/c1-4-7-12-24(11-5-2)21(28)19-23-10-9-16(31-23)17(22(29)30-15-6-3)18(23)20(27)25(19)13-8-14-26/h5-6,16-19,26H,2-4,7-15H2,1H3/t16-,17+,18-,19?,23?/m0/s1. The Morgan fingerprint density at radius 2 is 2.13 bits per heavy atom. The number of aliphatic hydroxyl groups excluding tert-OH is 1. The molecule has 0 saturated carbocycles. The van der Waals surface area contributed by atoms with Crippen molar-refractivity contribution in [3.63, 3.8) is 0 Å². The highest BCUT2D eigenvalue weighted by Crippen LogP contribution is 2.66. The molecule has 3 aliphatic rings. The first-order valence-electron chi connectivity index (χ1n) is 11.2. The van der Waals surface area contributed by atoms with Crippen LogP contribution in [-0.2, 0) is 19.1 Å². The van der Waals surface area contributed by atoms with E-state index in [0.29, 0.717) is 26.1 Å². The van der Waals surface area contributed by atoms with Crippen molar-refractivity contribution in [2.75, 3.05) is 32.8 Å². The second-order valence-corrected chi connectivity index (χ2v) is 10.1. The van der Waals surface area contributed by atoms with Crippen LogP contribution in [0.25, 0.3) is 0 Å². The first-order chi connectivity index (χ1) is 15.0. The number of nitrogens with zero attached hydrogens (tertiary/aromatic N) is 2. The molecule has 0 radical (unpaired) electrons. The number of hydrogen-bond donors (Lipinski definition) is 1. The SMILES string of the molecule is C=CCOC(=O)[C@@H]1[C@@H]2CCC3(S2)C(C(=O)N(CC=C)CCCC)N(CCCO)C(=O)[C@H]13. The van der Waals surface area contributed by atoms with Crippen LogP contribution in [0.4, 0.5) is 0 Å². The summed E-state index contributed by atoms with van der Waals surface area (Å²) in [5.41, 5.74) is 0. The van der Waals surface area contributed by atoms with Crippen molar-refractivity contribution in [3.05, 3.63) is 25.3 Å². The predicted octanol–water partition coefficient (Wildman–Crippen LogP) is 2.00. The largest absolute Gasteiger partial charge is 0.461 e. The first-order valence-corrected chi connectivity index (χ1v) is 12.1.